The van der Waals surface area contributed by atoms with Crippen molar-refractivity contribution in [1.29, 1.82) is 5.26 Å². The van der Waals surface area contributed by atoms with Crippen LogP contribution in [0.2, 0.25) is 0 Å². The van der Waals surface area contributed by atoms with Crippen LogP contribution in [0.15, 0.2) is 54.1 Å². The summed E-state index contributed by atoms with van der Waals surface area (Å²) in [6.07, 6.45) is 3.85. The van der Waals surface area contributed by atoms with Crippen molar-refractivity contribution in [2.75, 3.05) is 18.6 Å². The number of amides is 1. The minimum absolute atomic E-state index is 0.0410. The maximum atomic E-state index is 12.6. The summed E-state index contributed by atoms with van der Waals surface area (Å²) in [4.78, 5) is 14.9. The topological polar surface area (TPSA) is 65.4 Å². The first-order valence-electron chi connectivity index (χ1n) is 10.4. The molecule has 3 rings (SSSR count). The van der Waals surface area contributed by atoms with Crippen LogP contribution in [0, 0.1) is 11.3 Å². The standard InChI is InChI=1S/C26H29N3O2/c1-6-29-23-14-24(31-5)20(13-22(23)18(2)15-26(29,3)4)12-21(16-27)25(30)28-17-19-10-8-7-9-11-19/h7-15H,6,17H2,1-5H3,(H,28,30)/b21-12+. The molecule has 0 atom stereocenters. The predicted octanol–water partition coefficient (Wildman–Crippen LogP) is 4.94. The Morgan fingerprint density at radius 1 is 1.26 bits per heavy atom. The highest BCUT2D eigenvalue weighted by molar-refractivity contribution is 6.02. The van der Waals surface area contributed by atoms with Gasteiger partial charge in [-0.05, 0) is 51.0 Å². The number of hydrogen-bond acceptors (Lipinski definition) is 4. The van der Waals surface area contributed by atoms with E-state index in [9.17, 15) is 10.1 Å². The maximum absolute atomic E-state index is 12.6. The molecule has 160 valence electrons. The van der Waals surface area contributed by atoms with Gasteiger partial charge in [0.05, 0.1) is 12.6 Å². The molecule has 0 saturated carbocycles. The molecule has 0 radical (unpaired) electrons. The van der Waals surface area contributed by atoms with E-state index in [4.69, 9.17) is 4.74 Å². The van der Waals surface area contributed by atoms with Gasteiger partial charge in [-0.3, -0.25) is 4.79 Å². The molecular formula is C26H29N3O2. The lowest BCUT2D eigenvalue weighted by Crippen LogP contribution is -2.44. The lowest BCUT2D eigenvalue weighted by Gasteiger charge is -2.43. The molecular weight excluding hydrogens is 386 g/mol. The molecule has 2 aromatic rings. The monoisotopic (exact) mass is 415 g/mol. The number of nitrogens with one attached hydrogen (secondary N) is 1. The first-order chi connectivity index (χ1) is 14.8. The Hall–Kier alpha value is -3.52. The van der Waals surface area contributed by atoms with Crippen LogP contribution in [0.5, 0.6) is 5.75 Å². The van der Waals surface area contributed by atoms with Gasteiger partial charge in [0.2, 0.25) is 0 Å². The largest absolute Gasteiger partial charge is 0.496 e. The Morgan fingerprint density at radius 2 is 1.97 bits per heavy atom. The van der Waals surface area contributed by atoms with Gasteiger partial charge < -0.3 is 15.0 Å². The van der Waals surface area contributed by atoms with Crippen molar-refractivity contribution in [2.24, 2.45) is 0 Å². The third-order valence-electron chi connectivity index (χ3n) is 5.61. The molecule has 2 aromatic carbocycles. The molecule has 1 N–H and O–H groups in total. The molecule has 31 heavy (non-hydrogen) atoms. The molecule has 5 nitrogen and oxygen atoms in total. The van der Waals surface area contributed by atoms with Crippen LogP contribution in [0.25, 0.3) is 11.6 Å². The van der Waals surface area contributed by atoms with Crippen LogP contribution in [0.1, 0.15) is 44.4 Å². The number of carbonyl (C=O) groups is 1. The first kappa shape index (κ1) is 22.2. The van der Waals surface area contributed by atoms with Crippen molar-refractivity contribution in [1.82, 2.24) is 5.32 Å². The van der Waals surface area contributed by atoms with Crippen molar-refractivity contribution in [2.45, 2.75) is 39.8 Å². The third kappa shape index (κ3) is 4.64. The molecule has 1 amide bonds. The molecule has 5 heteroatoms. The lowest BCUT2D eigenvalue weighted by molar-refractivity contribution is -0.117. The van der Waals surface area contributed by atoms with Crippen LogP contribution in [0.4, 0.5) is 5.69 Å². The average molecular weight is 416 g/mol. The fraction of sp³-hybridized carbons (Fsp3) is 0.308. The molecule has 1 aliphatic rings. The number of carbonyl (C=O) groups excluding carboxylic acids is 1. The van der Waals surface area contributed by atoms with E-state index in [-0.39, 0.29) is 11.1 Å². The summed E-state index contributed by atoms with van der Waals surface area (Å²) in [5.74, 6) is 0.223. The Labute approximate surface area is 184 Å². The van der Waals surface area contributed by atoms with Crippen LogP contribution < -0.4 is 15.0 Å². The van der Waals surface area contributed by atoms with Gasteiger partial charge in [0.1, 0.15) is 17.4 Å². The average Bonchev–Trinajstić information content (AvgIpc) is 2.76. The number of rotatable bonds is 6. The number of hydrogen-bond donors (Lipinski definition) is 1. The minimum Gasteiger partial charge on any atom is -0.496 e. The van der Waals surface area contributed by atoms with E-state index >= 15 is 0 Å². The molecule has 0 aromatic heterocycles. The SMILES string of the molecule is CCN1c2cc(OC)c(/C=C(\C#N)C(=O)NCc3ccccc3)cc2C(C)=CC1(C)C. The van der Waals surface area contributed by atoms with Gasteiger partial charge in [-0.15, -0.1) is 0 Å². The normalized spacial score (nSPS) is 14.9. The molecule has 0 aliphatic carbocycles. The Kier molecular flexibility index (Phi) is 6.50. The third-order valence-corrected chi connectivity index (χ3v) is 5.61. The van der Waals surface area contributed by atoms with Crippen molar-refractivity contribution in [3.05, 3.63) is 70.8 Å². The highest BCUT2D eigenvalue weighted by Crippen LogP contribution is 2.42. The van der Waals surface area contributed by atoms with Crippen LogP contribution in [-0.2, 0) is 11.3 Å². The maximum Gasteiger partial charge on any atom is 0.262 e. The number of nitriles is 1. The van der Waals surface area contributed by atoms with Gasteiger partial charge in [0, 0.05) is 36.0 Å². The number of anilines is 1. The summed E-state index contributed by atoms with van der Waals surface area (Å²) in [5.41, 5.74) is 4.94. The minimum atomic E-state index is -0.408. The quantitative estimate of drug-likeness (QED) is 0.536. The van der Waals surface area contributed by atoms with Crippen molar-refractivity contribution >= 4 is 23.2 Å². The Morgan fingerprint density at radius 3 is 2.58 bits per heavy atom. The molecule has 0 bridgehead atoms. The summed E-state index contributed by atoms with van der Waals surface area (Å²) in [6, 6.07) is 15.6. The Bertz CT molecular complexity index is 1080. The van der Waals surface area contributed by atoms with Gasteiger partial charge in [-0.2, -0.15) is 5.26 Å². The molecule has 0 saturated heterocycles. The number of likely N-dealkylation sites (N-methyl/N-ethyl adjacent to an activating group) is 1. The summed E-state index contributed by atoms with van der Waals surface area (Å²) < 4.78 is 5.63. The number of methoxy groups -OCH3 is 1. The van der Waals surface area contributed by atoms with E-state index in [0.717, 1.165) is 28.9 Å². The highest BCUT2D eigenvalue weighted by Gasteiger charge is 2.31. The number of fused-ring (bicyclic) bond motifs is 1. The predicted molar refractivity (Wildman–Crippen MR) is 126 cm³/mol. The van der Waals surface area contributed by atoms with E-state index in [0.29, 0.717) is 17.9 Å². The number of ether oxygens (including phenoxy) is 1. The van der Waals surface area contributed by atoms with Gasteiger partial charge in [0.25, 0.3) is 5.91 Å². The second-order valence-corrected chi connectivity index (χ2v) is 8.17. The van der Waals surface area contributed by atoms with Crippen LogP contribution in [0.3, 0.4) is 0 Å². The summed E-state index contributed by atoms with van der Waals surface area (Å²) >= 11 is 0. The molecule has 0 fully saturated rings. The summed E-state index contributed by atoms with van der Waals surface area (Å²) in [7, 11) is 1.60. The van der Waals surface area contributed by atoms with Crippen LogP contribution >= 0.6 is 0 Å². The number of allylic oxidation sites excluding steroid dienone is 1. The second-order valence-electron chi connectivity index (χ2n) is 8.17. The van der Waals surface area contributed by atoms with Crippen molar-refractivity contribution in [3.63, 3.8) is 0 Å². The first-order valence-corrected chi connectivity index (χ1v) is 10.4. The number of nitrogens with zero attached hydrogens (tertiary/aromatic N) is 2. The fourth-order valence-corrected chi connectivity index (χ4v) is 4.17. The zero-order valence-electron chi connectivity index (χ0n) is 18.8. The van der Waals surface area contributed by atoms with Gasteiger partial charge >= 0.3 is 0 Å². The van der Waals surface area contributed by atoms with E-state index in [2.05, 4.69) is 44.0 Å². The van der Waals surface area contributed by atoms with Crippen molar-refractivity contribution in [3.8, 4) is 11.8 Å². The lowest BCUT2D eigenvalue weighted by atomic mass is 9.87. The highest BCUT2D eigenvalue weighted by atomic mass is 16.5. The summed E-state index contributed by atoms with van der Waals surface area (Å²) in [6.45, 7) is 9.81. The van der Waals surface area contributed by atoms with E-state index < -0.39 is 5.91 Å². The smallest absolute Gasteiger partial charge is 0.262 e. The van der Waals surface area contributed by atoms with E-state index in [1.165, 1.54) is 0 Å². The van der Waals surface area contributed by atoms with Gasteiger partial charge in [0.15, 0.2) is 0 Å². The zero-order chi connectivity index (χ0) is 22.6. The molecule has 1 aliphatic heterocycles. The molecule has 0 unspecified atom stereocenters. The van der Waals surface area contributed by atoms with Gasteiger partial charge in [-0.1, -0.05) is 36.4 Å². The van der Waals surface area contributed by atoms with Crippen molar-refractivity contribution < 1.29 is 9.53 Å². The number of benzene rings is 2. The second kappa shape index (κ2) is 9.09. The fourth-order valence-electron chi connectivity index (χ4n) is 4.17. The molecule has 1 heterocycles. The molecule has 0 spiro atoms. The van der Waals surface area contributed by atoms with E-state index in [1.807, 2.05) is 48.5 Å². The zero-order valence-corrected chi connectivity index (χ0v) is 18.8. The summed E-state index contributed by atoms with van der Waals surface area (Å²) in [5, 5.41) is 12.4. The van der Waals surface area contributed by atoms with Gasteiger partial charge in [-0.25, -0.2) is 0 Å². The van der Waals surface area contributed by atoms with E-state index in [1.54, 1.807) is 13.2 Å². The van der Waals surface area contributed by atoms with Crippen LogP contribution in [-0.4, -0.2) is 25.1 Å². The Balaban J connectivity index is 1.96.